The van der Waals surface area contributed by atoms with Gasteiger partial charge in [0, 0.05) is 6.54 Å². The van der Waals surface area contributed by atoms with E-state index in [-0.39, 0.29) is 30.5 Å². The van der Waals surface area contributed by atoms with Crippen molar-refractivity contribution in [1.82, 2.24) is 9.55 Å². The van der Waals surface area contributed by atoms with Crippen LogP contribution in [-0.2, 0) is 25.6 Å². The summed E-state index contributed by atoms with van der Waals surface area (Å²) in [5.41, 5.74) is 0.205. The number of nitrogens with zero attached hydrogens (tertiary/aromatic N) is 2. The van der Waals surface area contributed by atoms with E-state index < -0.39 is 17.2 Å². The van der Waals surface area contributed by atoms with Crippen LogP contribution in [0.5, 0.6) is 0 Å². The number of thioether (sulfide) groups is 1. The monoisotopic (exact) mass is 376 g/mol. The van der Waals surface area contributed by atoms with Gasteiger partial charge in [-0.05, 0) is 26.0 Å². The topological polar surface area (TPSA) is 87.5 Å². The Balaban J connectivity index is 2.52. The number of ether oxygens (including phenoxy) is 2. The Hall–Kier alpha value is -2.61. The second kappa shape index (κ2) is 9.19. The lowest BCUT2D eigenvalue weighted by atomic mass is 10.2. The summed E-state index contributed by atoms with van der Waals surface area (Å²) < 4.78 is 11.3. The summed E-state index contributed by atoms with van der Waals surface area (Å²) in [6, 6.07) is 6.88. The molecule has 0 aliphatic rings. The summed E-state index contributed by atoms with van der Waals surface area (Å²) in [5.74, 6) is -1.47. The SMILES string of the molecule is C=CCn1c(SC(C(=O)OCC)C(=O)OCC)nc2ccccc2c1=O. The number of hydrogen-bond donors (Lipinski definition) is 0. The molecule has 8 heteroatoms. The maximum absolute atomic E-state index is 12.7. The first kappa shape index (κ1) is 19.7. The Labute approximate surface area is 155 Å². The number of hydrogen-bond acceptors (Lipinski definition) is 7. The van der Waals surface area contributed by atoms with Crippen molar-refractivity contribution in [1.29, 1.82) is 0 Å². The summed E-state index contributed by atoms with van der Waals surface area (Å²) >= 11 is 0.835. The Morgan fingerprint density at radius 2 is 1.85 bits per heavy atom. The smallest absolute Gasteiger partial charge is 0.331 e. The molecule has 138 valence electrons. The molecule has 0 amide bonds. The molecule has 0 aliphatic heterocycles. The Kier molecular flexibility index (Phi) is 6.97. The molecule has 1 heterocycles. The number of carbonyl (C=O) groups excluding carboxylic acids is 2. The first-order valence-corrected chi connectivity index (χ1v) is 9.01. The minimum atomic E-state index is -1.26. The van der Waals surface area contributed by atoms with E-state index in [0.29, 0.717) is 10.9 Å². The predicted molar refractivity (Wildman–Crippen MR) is 99.1 cm³/mol. The number of esters is 2. The van der Waals surface area contributed by atoms with Crippen LogP contribution >= 0.6 is 11.8 Å². The molecular weight excluding hydrogens is 356 g/mol. The van der Waals surface area contributed by atoms with Gasteiger partial charge in [-0.1, -0.05) is 30.0 Å². The van der Waals surface area contributed by atoms with Crippen LogP contribution in [0.2, 0.25) is 0 Å². The van der Waals surface area contributed by atoms with E-state index in [1.54, 1.807) is 44.2 Å². The molecule has 0 aliphatic carbocycles. The van der Waals surface area contributed by atoms with Gasteiger partial charge in [-0.15, -0.1) is 6.58 Å². The highest BCUT2D eigenvalue weighted by Gasteiger charge is 2.32. The molecule has 0 fully saturated rings. The molecule has 0 N–H and O–H groups in total. The third-order valence-electron chi connectivity index (χ3n) is 3.36. The molecule has 0 radical (unpaired) electrons. The fraction of sp³-hybridized carbons (Fsp3) is 0.333. The second-order valence-corrected chi connectivity index (χ2v) is 6.19. The molecule has 0 spiro atoms. The molecule has 0 saturated carbocycles. The van der Waals surface area contributed by atoms with E-state index in [2.05, 4.69) is 11.6 Å². The second-order valence-electron chi connectivity index (χ2n) is 5.12. The van der Waals surface area contributed by atoms with Crippen molar-refractivity contribution in [3.8, 4) is 0 Å². The predicted octanol–water partition coefficient (Wildman–Crippen LogP) is 2.17. The first-order chi connectivity index (χ1) is 12.5. The van der Waals surface area contributed by atoms with E-state index in [4.69, 9.17) is 9.47 Å². The van der Waals surface area contributed by atoms with Gasteiger partial charge >= 0.3 is 11.9 Å². The fourth-order valence-electron chi connectivity index (χ4n) is 2.26. The van der Waals surface area contributed by atoms with Gasteiger partial charge in [0.05, 0.1) is 24.1 Å². The Morgan fingerprint density at radius 3 is 2.42 bits per heavy atom. The molecule has 2 rings (SSSR count). The summed E-state index contributed by atoms with van der Waals surface area (Å²) in [5, 5.41) is -0.596. The largest absolute Gasteiger partial charge is 0.465 e. The number of carbonyl (C=O) groups is 2. The average Bonchev–Trinajstić information content (AvgIpc) is 2.63. The highest BCUT2D eigenvalue weighted by molar-refractivity contribution is 8.01. The number of aromatic nitrogens is 2. The molecule has 0 unspecified atom stereocenters. The Morgan fingerprint density at radius 1 is 1.23 bits per heavy atom. The van der Waals surface area contributed by atoms with E-state index in [1.807, 2.05) is 0 Å². The third kappa shape index (κ3) is 4.32. The number of fused-ring (bicyclic) bond motifs is 1. The van der Waals surface area contributed by atoms with Gasteiger partial charge < -0.3 is 9.47 Å². The lowest BCUT2D eigenvalue weighted by Crippen LogP contribution is -2.32. The number of rotatable bonds is 8. The van der Waals surface area contributed by atoms with E-state index in [1.165, 1.54) is 4.57 Å². The zero-order chi connectivity index (χ0) is 19.1. The van der Waals surface area contributed by atoms with Gasteiger partial charge in [-0.2, -0.15) is 0 Å². The van der Waals surface area contributed by atoms with Crippen molar-refractivity contribution in [3.63, 3.8) is 0 Å². The third-order valence-corrected chi connectivity index (χ3v) is 4.51. The summed E-state index contributed by atoms with van der Waals surface area (Å²) in [6.07, 6.45) is 1.55. The molecule has 0 atom stereocenters. The van der Waals surface area contributed by atoms with E-state index >= 15 is 0 Å². The van der Waals surface area contributed by atoms with Crippen LogP contribution in [-0.4, -0.2) is 40.0 Å². The lowest BCUT2D eigenvalue weighted by molar-refractivity contribution is -0.152. The van der Waals surface area contributed by atoms with Crippen molar-refractivity contribution in [2.45, 2.75) is 30.8 Å². The number of benzene rings is 1. The zero-order valence-corrected chi connectivity index (χ0v) is 15.5. The van der Waals surface area contributed by atoms with Gasteiger partial charge in [0.15, 0.2) is 5.16 Å². The summed E-state index contributed by atoms with van der Waals surface area (Å²) in [6.45, 7) is 7.38. The number of para-hydroxylation sites is 1. The quantitative estimate of drug-likeness (QED) is 0.229. The lowest BCUT2D eigenvalue weighted by Gasteiger charge is -2.16. The molecule has 2 aromatic rings. The molecule has 0 saturated heterocycles. The highest BCUT2D eigenvalue weighted by Crippen LogP contribution is 2.25. The van der Waals surface area contributed by atoms with Gasteiger partial charge in [-0.25, -0.2) is 4.98 Å². The molecular formula is C18H20N2O5S. The number of allylic oxidation sites excluding steroid dienone is 1. The van der Waals surface area contributed by atoms with Crippen molar-refractivity contribution in [2.24, 2.45) is 0 Å². The van der Waals surface area contributed by atoms with Gasteiger partial charge in [0.2, 0.25) is 5.25 Å². The van der Waals surface area contributed by atoms with Crippen molar-refractivity contribution in [3.05, 3.63) is 47.3 Å². The zero-order valence-electron chi connectivity index (χ0n) is 14.6. The first-order valence-electron chi connectivity index (χ1n) is 8.13. The highest BCUT2D eigenvalue weighted by atomic mass is 32.2. The minimum absolute atomic E-state index is 0.125. The van der Waals surface area contributed by atoms with Crippen molar-refractivity contribution in [2.75, 3.05) is 13.2 Å². The van der Waals surface area contributed by atoms with Crippen LogP contribution in [0.15, 0.2) is 46.9 Å². The van der Waals surface area contributed by atoms with Crippen molar-refractivity contribution >= 4 is 34.6 Å². The minimum Gasteiger partial charge on any atom is -0.465 e. The van der Waals surface area contributed by atoms with Crippen LogP contribution < -0.4 is 5.56 Å². The molecule has 26 heavy (non-hydrogen) atoms. The van der Waals surface area contributed by atoms with Gasteiger partial charge in [-0.3, -0.25) is 19.0 Å². The summed E-state index contributed by atoms with van der Waals surface area (Å²) in [7, 11) is 0. The normalized spacial score (nSPS) is 10.7. The average molecular weight is 376 g/mol. The van der Waals surface area contributed by atoms with Crippen LogP contribution in [0.4, 0.5) is 0 Å². The molecule has 1 aromatic carbocycles. The molecule has 7 nitrogen and oxygen atoms in total. The van der Waals surface area contributed by atoms with Crippen LogP contribution in [0, 0.1) is 0 Å². The van der Waals surface area contributed by atoms with Crippen LogP contribution in [0.1, 0.15) is 13.8 Å². The Bertz CT molecular complexity index is 860. The fourth-order valence-corrected chi connectivity index (χ4v) is 3.24. The maximum atomic E-state index is 12.7. The van der Waals surface area contributed by atoms with Gasteiger partial charge in [0.1, 0.15) is 0 Å². The van der Waals surface area contributed by atoms with Crippen molar-refractivity contribution < 1.29 is 19.1 Å². The van der Waals surface area contributed by atoms with Crippen LogP contribution in [0.3, 0.4) is 0 Å². The van der Waals surface area contributed by atoms with E-state index in [9.17, 15) is 14.4 Å². The van der Waals surface area contributed by atoms with E-state index in [0.717, 1.165) is 11.8 Å². The standard InChI is InChI=1S/C18H20N2O5S/c1-4-11-20-15(21)12-9-7-8-10-13(12)19-18(20)26-14(16(22)24-5-2)17(23)25-6-3/h4,7-10,14H,1,5-6,11H2,2-3H3. The van der Waals surface area contributed by atoms with Crippen LogP contribution in [0.25, 0.3) is 10.9 Å². The molecule has 0 bridgehead atoms. The van der Waals surface area contributed by atoms with Gasteiger partial charge in [0.25, 0.3) is 5.56 Å². The summed E-state index contributed by atoms with van der Waals surface area (Å²) in [4.78, 5) is 41.6. The maximum Gasteiger partial charge on any atom is 0.331 e. The molecule has 1 aromatic heterocycles.